The monoisotopic (exact) mass is 302 g/mol. The number of thiazole rings is 1. The van der Waals surface area contributed by atoms with E-state index in [1.807, 2.05) is 12.3 Å². The van der Waals surface area contributed by atoms with Gasteiger partial charge in [0, 0.05) is 17.1 Å². The summed E-state index contributed by atoms with van der Waals surface area (Å²) in [5.74, 6) is 0.359. The zero-order chi connectivity index (χ0) is 14.8. The van der Waals surface area contributed by atoms with E-state index in [1.165, 1.54) is 22.4 Å². The lowest BCUT2D eigenvalue weighted by Crippen LogP contribution is -2.27. The summed E-state index contributed by atoms with van der Waals surface area (Å²) in [6.07, 6.45) is 6.45. The van der Waals surface area contributed by atoms with Crippen LogP contribution in [0.4, 0.5) is 0 Å². The molecule has 0 amide bonds. The molecule has 3 nitrogen and oxygen atoms in total. The highest BCUT2D eigenvalue weighted by atomic mass is 32.1. The SMILES string of the molecule is CCc1cnc(C(C)NC2CCCc3ccc(O)cc32)s1. The Hall–Kier alpha value is -1.39. The number of phenols is 1. The van der Waals surface area contributed by atoms with Gasteiger partial charge < -0.3 is 10.4 Å². The van der Waals surface area contributed by atoms with Crippen LogP contribution in [0.25, 0.3) is 0 Å². The molecule has 4 heteroatoms. The number of nitrogens with one attached hydrogen (secondary N) is 1. The minimum atomic E-state index is 0.244. The molecule has 0 bridgehead atoms. The maximum atomic E-state index is 9.75. The van der Waals surface area contributed by atoms with Crippen LogP contribution in [0.2, 0.25) is 0 Å². The van der Waals surface area contributed by atoms with E-state index >= 15 is 0 Å². The Kier molecular flexibility index (Phi) is 4.27. The van der Waals surface area contributed by atoms with Crippen LogP contribution >= 0.6 is 11.3 Å². The summed E-state index contributed by atoms with van der Waals surface area (Å²) >= 11 is 1.79. The Morgan fingerprint density at radius 2 is 2.33 bits per heavy atom. The van der Waals surface area contributed by atoms with Gasteiger partial charge in [-0.05, 0) is 55.9 Å². The number of aromatic nitrogens is 1. The zero-order valence-corrected chi connectivity index (χ0v) is 13.4. The second kappa shape index (κ2) is 6.16. The van der Waals surface area contributed by atoms with Gasteiger partial charge in [0.1, 0.15) is 10.8 Å². The van der Waals surface area contributed by atoms with Crippen molar-refractivity contribution in [2.75, 3.05) is 0 Å². The van der Waals surface area contributed by atoms with Crippen LogP contribution in [0.3, 0.4) is 0 Å². The van der Waals surface area contributed by atoms with Crippen LogP contribution in [-0.2, 0) is 12.8 Å². The van der Waals surface area contributed by atoms with E-state index in [4.69, 9.17) is 0 Å². The largest absolute Gasteiger partial charge is 0.508 e. The second-order valence-electron chi connectivity index (χ2n) is 5.73. The van der Waals surface area contributed by atoms with E-state index in [1.54, 1.807) is 17.4 Å². The van der Waals surface area contributed by atoms with Gasteiger partial charge >= 0.3 is 0 Å². The van der Waals surface area contributed by atoms with Gasteiger partial charge in [-0.15, -0.1) is 11.3 Å². The van der Waals surface area contributed by atoms with Gasteiger partial charge in [-0.25, -0.2) is 4.98 Å². The first-order valence-corrected chi connectivity index (χ1v) is 8.51. The molecule has 0 fully saturated rings. The summed E-state index contributed by atoms with van der Waals surface area (Å²) in [7, 11) is 0. The fourth-order valence-electron chi connectivity index (χ4n) is 3.02. The molecule has 3 rings (SSSR count). The normalized spacial score (nSPS) is 19.2. The van der Waals surface area contributed by atoms with Gasteiger partial charge in [-0.2, -0.15) is 0 Å². The topological polar surface area (TPSA) is 45.2 Å². The predicted octanol–water partition coefficient (Wildman–Crippen LogP) is 4.14. The minimum Gasteiger partial charge on any atom is -0.508 e. The lowest BCUT2D eigenvalue weighted by Gasteiger charge is -2.28. The predicted molar refractivity (Wildman–Crippen MR) is 86.8 cm³/mol. The molecule has 2 unspecified atom stereocenters. The van der Waals surface area contributed by atoms with E-state index in [2.05, 4.69) is 30.2 Å². The number of phenolic OH excluding ortho intramolecular Hbond substituents is 1. The van der Waals surface area contributed by atoms with E-state index in [0.29, 0.717) is 11.8 Å². The molecule has 0 saturated heterocycles. The second-order valence-corrected chi connectivity index (χ2v) is 6.88. The number of hydrogen-bond acceptors (Lipinski definition) is 4. The molecule has 2 aromatic rings. The molecule has 2 N–H and O–H groups in total. The molecule has 1 heterocycles. The molecule has 112 valence electrons. The van der Waals surface area contributed by atoms with Crippen LogP contribution in [0.1, 0.15) is 59.8 Å². The summed E-state index contributed by atoms with van der Waals surface area (Å²) in [6.45, 7) is 4.34. The van der Waals surface area contributed by atoms with Crippen molar-refractivity contribution >= 4 is 11.3 Å². The molecule has 0 radical (unpaired) electrons. The standard InChI is InChI=1S/C17H22N2OS/c1-3-14-10-18-17(21-14)11(2)19-16-6-4-5-12-7-8-13(20)9-15(12)16/h7-11,16,19-20H,3-6H2,1-2H3. The Morgan fingerprint density at radius 3 is 3.10 bits per heavy atom. The molecule has 1 aromatic heterocycles. The molecule has 0 spiro atoms. The number of aryl methyl sites for hydroxylation is 2. The number of nitrogens with zero attached hydrogens (tertiary/aromatic N) is 1. The average Bonchev–Trinajstić information content (AvgIpc) is 2.97. The quantitative estimate of drug-likeness (QED) is 0.892. The molecule has 1 aliphatic rings. The van der Waals surface area contributed by atoms with Crippen molar-refractivity contribution in [3.63, 3.8) is 0 Å². The Bertz CT molecular complexity index is 623. The maximum Gasteiger partial charge on any atom is 0.115 e. The lowest BCUT2D eigenvalue weighted by atomic mass is 9.87. The Balaban J connectivity index is 1.78. The smallest absolute Gasteiger partial charge is 0.115 e. The van der Waals surface area contributed by atoms with Crippen molar-refractivity contribution in [1.29, 1.82) is 0 Å². The third kappa shape index (κ3) is 3.11. The highest BCUT2D eigenvalue weighted by Crippen LogP contribution is 2.34. The van der Waals surface area contributed by atoms with Crippen molar-refractivity contribution < 1.29 is 5.11 Å². The highest BCUT2D eigenvalue weighted by Gasteiger charge is 2.23. The van der Waals surface area contributed by atoms with Crippen LogP contribution in [0.15, 0.2) is 24.4 Å². The van der Waals surface area contributed by atoms with E-state index in [9.17, 15) is 5.11 Å². The fraction of sp³-hybridized carbons (Fsp3) is 0.471. The average molecular weight is 302 g/mol. The van der Waals surface area contributed by atoms with E-state index < -0.39 is 0 Å². The van der Waals surface area contributed by atoms with Crippen molar-refractivity contribution in [3.05, 3.63) is 45.4 Å². The molecular formula is C17H22N2OS. The third-order valence-electron chi connectivity index (χ3n) is 4.19. The van der Waals surface area contributed by atoms with E-state index in [-0.39, 0.29) is 6.04 Å². The molecule has 2 atom stereocenters. The van der Waals surface area contributed by atoms with Crippen molar-refractivity contribution in [1.82, 2.24) is 10.3 Å². The third-order valence-corrected chi connectivity index (χ3v) is 5.51. The number of rotatable bonds is 4. The molecular weight excluding hydrogens is 280 g/mol. The van der Waals surface area contributed by atoms with Gasteiger partial charge in [-0.1, -0.05) is 13.0 Å². The number of benzene rings is 1. The summed E-state index contributed by atoms with van der Waals surface area (Å²) in [6, 6.07) is 6.32. The number of aromatic hydroxyl groups is 1. The van der Waals surface area contributed by atoms with Crippen LogP contribution in [0.5, 0.6) is 5.75 Å². The first kappa shape index (κ1) is 14.5. The zero-order valence-electron chi connectivity index (χ0n) is 12.6. The van der Waals surface area contributed by atoms with Crippen molar-refractivity contribution in [2.45, 2.75) is 51.6 Å². The van der Waals surface area contributed by atoms with E-state index in [0.717, 1.165) is 24.3 Å². The van der Waals surface area contributed by atoms with Gasteiger partial charge in [0.25, 0.3) is 0 Å². The first-order valence-electron chi connectivity index (χ1n) is 7.69. The molecule has 21 heavy (non-hydrogen) atoms. The molecule has 1 aromatic carbocycles. The van der Waals surface area contributed by atoms with Gasteiger partial charge in [0.05, 0.1) is 6.04 Å². The summed E-state index contributed by atoms with van der Waals surface area (Å²) < 4.78 is 0. The summed E-state index contributed by atoms with van der Waals surface area (Å²) in [4.78, 5) is 5.87. The lowest BCUT2D eigenvalue weighted by molar-refractivity contribution is 0.410. The van der Waals surface area contributed by atoms with Gasteiger partial charge in [0.15, 0.2) is 0 Å². The minimum absolute atomic E-state index is 0.244. The van der Waals surface area contributed by atoms with Crippen LogP contribution in [-0.4, -0.2) is 10.1 Å². The van der Waals surface area contributed by atoms with Crippen molar-refractivity contribution in [2.24, 2.45) is 0 Å². The van der Waals surface area contributed by atoms with Crippen LogP contribution < -0.4 is 5.32 Å². The van der Waals surface area contributed by atoms with Crippen LogP contribution in [0, 0.1) is 0 Å². The first-order chi connectivity index (χ1) is 10.2. The Labute approximate surface area is 130 Å². The molecule has 0 saturated carbocycles. The van der Waals surface area contributed by atoms with Gasteiger partial charge in [-0.3, -0.25) is 0 Å². The Morgan fingerprint density at radius 1 is 1.48 bits per heavy atom. The highest BCUT2D eigenvalue weighted by molar-refractivity contribution is 7.11. The number of fused-ring (bicyclic) bond motifs is 1. The maximum absolute atomic E-state index is 9.75. The summed E-state index contributed by atoms with van der Waals surface area (Å²) in [5.41, 5.74) is 2.61. The molecule has 1 aliphatic carbocycles. The molecule has 0 aliphatic heterocycles. The summed E-state index contributed by atoms with van der Waals surface area (Å²) in [5, 5.41) is 14.6. The van der Waals surface area contributed by atoms with Gasteiger partial charge in [0.2, 0.25) is 0 Å². The fourth-order valence-corrected chi connectivity index (χ4v) is 3.89. The van der Waals surface area contributed by atoms with Crippen molar-refractivity contribution in [3.8, 4) is 5.75 Å². The number of hydrogen-bond donors (Lipinski definition) is 2.